The Labute approximate surface area is 72.2 Å². The molecule has 4 nitrogen and oxygen atoms in total. The van der Waals surface area contributed by atoms with Crippen LogP contribution >= 0.6 is 0 Å². The Kier molecular flexibility index (Phi) is 1.73. The summed E-state index contributed by atoms with van der Waals surface area (Å²) in [5.74, 6) is -0.309. The van der Waals surface area contributed by atoms with Gasteiger partial charge in [0.1, 0.15) is 6.10 Å². The summed E-state index contributed by atoms with van der Waals surface area (Å²) in [5.41, 5.74) is 0. The topological polar surface area (TPSA) is 44.8 Å². The lowest BCUT2D eigenvalue weighted by molar-refractivity contribution is -0.147. The Hall–Kier alpha value is -0.610. The largest absolute Gasteiger partial charge is 0.460 e. The van der Waals surface area contributed by atoms with E-state index in [9.17, 15) is 4.79 Å². The average Bonchev–Trinajstić information content (AvgIpc) is 2.69. The van der Waals surface area contributed by atoms with Gasteiger partial charge in [0.2, 0.25) is 0 Å². The van der Waals surface area contributed by atoms with Gasteiger partial charge in [-0.3, -0.25) is 4.79 Å². The molecule has 0 radical (unpaired) electrons. The minimum absolute atomic E-state index is 0.176. The highest BCUT2D eigenvalue weighted by Crippen LogP contribution is 2.32. The number of carbonyl (C=O) groups is 1. The molecule has 0 aliphatic carbocycles. The number of hydrogen-bond acceptors (Lipinski definition) is 4. The highest BCUT2D eigenvalue weighted by molar-refractivity contribution is 5.66. The van der Waals surface area contributed by atoms with Crippen molar-refractivity contribution in [3.63, 3.8) is 0 Å². The molecule has 2 aliphatic rings. The van der Waals surface area contributed by atoms with Crippen molar-refractivity contribution in [2.75, 3.05) is 13.2 Å². The third-order valence-electron chi connectivity index (χ3n) is 2.27. The number of ether oxygens (including phenoxy) is 3. The first kappa shape index (κ1) is 6.86. The second kappa shape index (κ2) is 3.03. The Bertz CT molecular complexity index is 208. The Balaban J connectivity index is 1.90. The van der Waals surface area contributed by atoms with Gasteiger partial charge in [-0.1, -0.05) is 0 Å². The van der Waals surface area contributed by atoms with E-state index in [1.54, 1.807) is 0 Å². The molecule has 0 spiro atoms. The SMILES string of the molecule is [2H]CC(=O)OC1COC2OCCC12. The van der Waals surface area contributed by atoms with Crippen LogP contribution in [0.15, 0.2) is 0 Å². The monoisotopic (exact) mass is 173 g/mol. The van der Waals surface area contributed by atoms with Crippen molar-refractivity contribution < 1.29 is 20.4 Å². The van der Waals surface area contributed by atoms with Crippen LogP contribution in [0, 0.1) is 5.92 Å². The third kappa shape index (κ3) is 1.32. The fourth-order valence-corrected chi connectivity index (χ4v) is 1.72. The standard InChI is InChI=1S/C8H12O4/c1-5(9)12-7-4-11-8-6(7)2-3-10-8/h6-8H,2-4H2,1H3/i1D. The molecule has 2 rings (SSSR count). The van der Waals surface area contributed by atoms with Gasteiger partial charge in [0.05, 0.1) is 19.1 Å². The smallest absolute Gasteiger partial charge is 0.302 e. The highest BCUT2D eigenvalue weighted by Gasteiger charge is 2.43. The first-order valence-corrected chi connectivity index (χ1v) is 4.03. The second-order valence-electron chi connectivity index (χ2n) is 3.05. The number of hydrogen-bond donors (Lipinski definition) is 0. The molecule has 0 bridgehead atoms. The molecule has 0 aromatic carbocycles. The lowest BCUT2D eigenvalue weighted by Crippen LogP contribution is -2.25. The predicted molar refractivity (Wildman–Crippen MR) is 39.4 cm³/mol. The third-order valence-corrected chi connectivity index (χ3v) is 2.27. The fraction of sp³-hybridized carbons (Fsp3) is 0.875. The summed E-state index contributed by atoms with van der Waals surface area (Å²) in [6.45, 7) is 0.750. The molecular weight excluding hydrogens is 160 g/mol. The maximum Gasteiger partial charge on any atom is 0.302 e. The van der Waals surface area contributed by atoms with Crippen LogP contribution in [-0.2, 0) is 19.0 Å². The zero-order valence-corrected chi connectivity index (χ0v) is 6.69. The van der Waals surface area contributed by atoms with E-state index in [0.717, 1.165) is 6.42 Å². The quantitative estimate of drug-likeness (QED) is 0.535. The molecule has 3 unspecified atom stereocenters. The predicted octanol–water partition coefficient (Wildman–Crippen LogP) is 0.311. The minimum Gasteiger partial charge on any atom is -0.460 e. The maximum absolute atomic E-state index is 10.9. The van der Waals surface area contributed by atoms with Crippen LogP contribution in [0.5, 0.6) is 0 Å². The first-order valence-electron chi connectivity index (χ1n) is 4.74. The fourth-order valence-electron chi connectivity index (χ4n) is 1.72. The van der Waals surface area contributed by atoms with E-state index in [0.29, 0.717) is 13.2 Å². The Morgan fingerprint density at radius 3 is 3.42 bits per heavy atom. The second-order valence-corrected chi connectivity index (χ2v) is 3.05. The van der Waals surface area contributed by atoms with E-state index < -0.39 is 5.97 Å². The minimum atomic E-state index is -0.485. The zero-order chi connectivity index (χ0) is 9.26. The molecule has 12 heavy (non-hydrogen) atoms. The van der Waals surface area contributed by atoms with Gasteiger partial charge in [0.25, 0.3) is 0 Å². The van der Waals surface area contributed by atoms with Crippen molar-refractivity contribution >= 4 is 5.97 Å². The summed E-state index contributed by atoms with van der Waals surface area (Å²) >= 11 is 0. The van der Waals surface area contributed by atoms with E-state index in [2.05, 4.69) is 0 Å². The molecule has 2 fully saturated rings. The van der Waals surface area contributed by atoms with Gasteiger partial charge in [0, 0.05) is 8.27 Å². The highest BCUT2D eigenvalue weighted by atomic mass is 16.7. The molecule has 0 saturated carbocycles. The van der Waals surface area contributed by atoms with E-state index in [-0.39, 0.29) is 25.2 Å². The maximum atomic E-state index is 10.9. The molecule has 0 aromatic rings. The molecular formula is C8H12O4. The average molecular weight is 173 g/mol. The lowest BCUT2D eigenvalue weighted by Gasteiger charge is -2.13. The van der Waals surface area contributed by atoms with Crippen molar-refractivity contribution in [2.24, 2.45) is 5.92 Å². The van der Waals surface area contributed by atoms with Crippen LogP contribution in [0.2, 0.25) is 0 Å². The van der Waals surface area contributed by atoms with Crippen molar-refractivity contribution in [1.82, 2.24) is 0 Å². The van der Waals surface area contributed by atoms with Crippen molar-refractivity contribution in [1.29, 1.82) is 0 Å². The van der Waals surface area contributed by atoms with Crippen LogP contribution in [-0.4, -0.2) is 31.6 Å². The van der Waals surface area contributed by atoms with Crippen LogP contribution in [0.3, 0.4) is 0 Å². The molecule has 3 atom stereocenters. The van der Waals surface area contributed by atoms with Crippen LogP contribution in [0.25, 0.3) is 0 Å². The molecule has 68 valence electrons. The number of esters is 1. The molecule has 0 N–H and O–H groups in total. The first-order chi connectivity index (χ1) is 6.31. The van der Waals surface area contributed by atoms with Crippen molar-refractivity contribution in [2.45, 2.75) is 25.7 Å². The van der Waals surface area contributed by atoms with Gasteiger partial charge in [-0.05, 0) is 6.42 Å². The van der Waals surface area contributed by atoms with E-state index in [4.69, 9.17) is 15.6 Å². The Morgan fingerprint density at radius 2 is 2.58 bits per heavy atom. The van der Waals surface area contributed by atoms with Gasteiger partial charge < -0.3 is 14.2 Å². The summed E-state index contributed by atoms with van der Waals surface area (Å²) in [6, 6.07) is 0. The molecule has 4 heteroatoms. The van der Waals surface area contributed by atoms with Gasteiger partial charge in [-0.15, -0.1) is 0 Å². The summed E-state index contributed by atoms with van der Waals surface area (Å²) in [4.78, 5) is 10.9. The normalized spacial score (nSPS) is 40.7. The zero-order valence-electron chi connectivity index (χ0n) is 7.69. The van der Waals surface area contributed by atoms with Gasteiger partial charge in [-0.25, -0.2) is 0 Å². The number of fused-ring (bicyclic) bond motifs is 1. The van der Waals surface area contributed by atoms with Crippen LogP contribution < -0.4 is 0 Å². The summed E-state index contributed by atoms with van der Waals surface area (Å²) in [7, 11) is 0. The van der Waals surface area contributed by atoms with Gasteiger partial charge in [0.15, 0.2) is 6.29 Å². The molecule has 2 aliphatic heterocycles. The molecule has 0 amide bonds. The number of rotatable bonds is 1. The van der Waals surface area contributed by atoms with E-state index in [1.165, 1.54) is 0 Å². The van der Waals surface area contributed by atoms with E-state index >= 15 is 0 Å². The molecule has 2 saturated heterocycles. The van der Waals surface area contributed by atoms with Crippen LogP contribution in [0.4, 0.5) is 0 Å². The van der Waals surface area contributed by atoms with Gasteiger partial charge in [-0.2, -0.15) is 0 Å². The van der Waals surface area contributed by atoms with Crippen LogP contribution in [0.1, 0.15) is 14.7 Å². The van der Waals surface area contributed by atoms with Gasteiger partial charge >= 0.3 is 5.97 Å². The Morgan fingerprint density at radius 1 is 1.67 bits per heavy atom. The summed E-state index contributed by atoms with van der Waals surface area (Å²) in [6.07, 6.45) is 0.481. The lowest BCUT2D eigenvalue weighted by atomic mass is 10.0. The molecule has 0 aromatic heterocycles. The summed E-state index contributed by atoms with van der Waals surface area (Å²) in [5, 5.41) is 0. The molecule has 2 heterocycles. The summed E-state index contributed by atoms with van der Waals surface area (Å²) < 4.78 is 22.4. The van der Waals surface area contributed by atoms with E-state index in [1.807, 2.05) is 0 Å². The van der Waals surface area contributed by atoms with Crippen molar-refractivity contribution in [3.8, 4) is 0 Å². The van der Waals surface area contributed by atoms with Crippen molar-refractivity contribution in [3.05, 3.63) is 0 Å². The number of carbonyl (C=O) groups excluding carboxylic acids is 1.